The van der Waals surface area contributed by atoms with E-state index in [9.17, 15) is 0 Å². The Kier molecular flexibility index (Phi) is 5.22. The van der Waals surface area contributed by atoms with Crippen LogP contribution in [-0.4, -0.2) is 19.7 Å². The molecule has 4 aromatic rings. The van der Waals surface area contributed by atoms with Crippen LogP contribution < -0.4 is 11.2 Å². The molecule has 2 aromatic carbocycles. The van der Waals surface area contributed by atoms with Crippen molar-refractivity contribution < 1.29 is 9.32 Å². The molecule has 9 heteroatoms. The molecule has 0 saturated carbocycles. The molecule has 0 bridgehead atoms. The zero-order chi connectivity index (χ0) is 19.5. The zero-order valence-corrected chi connectivity index (χ0v) is 16.1. The normalized spacial score (nSPS) is 11.1. The number of aryl methyl sites for hydroxylation is 2. The lowest BCUT2D eigenvalue weighted by molar-refractivity contribution is -0.195. The van der Waals surface area contributed by atoms with Gasteiger partial charge in [-0.2, -0.15) is 11.0 Å². The first-order valence-electron chi connectivity index (χ1n) is 8.49. The molecule has 0 atom stereocenters. The number of hydrogen-bond acceptors (Lipinski definition) is 8. The van der Waals surface area contributed by atoms with Crippen LogP contribution in [0.3, 0.4) is 0 Å². The SMILES string of the molecule is Cc1nn(C)c2c(Nc3ccc(SOON)cc3)nc(-c3ccccc3)nc12. The first kappa shape index (κ1) is 18.4. The molecular weight excluding hydrogens is 376 g/mol. The fraction of sp³-hybridized carbons (Fsp3) is 0.105. The summed E-state index contributed by atoms with van der Waals surface area (Å²) in [4.78, 5) is 14.5. The van der Waals surface area contributed by atoms with Gasteiger partial charge in [0.05, 0.1) is 17.7 Å². The minimum atomic E-state index is 0.646. The van der Waals surface area contributed by atoms with Crippen molar-refractivity contribution in [3.05, 3.63) is 60.3 Å². The van der Waals surface area contributed by atoms with Gasteiger partial charge in [-0.05, 0) is 31.2 Å². The Labute approximate surface area is 165 Å². The third-order valence-electron chi connectivity index (χ3n) is 4.17. The predicted octanol–water partition coefficient (Wildman–Crippen LogP) is 3.91. The van der Waals surface area contributed by atoms with Crippen LogP contribution in [0.15, 0.2) is 59.5 Å². The smallest absolute Gasteiger partial charge is 0.162 e. The Hall–Kier alpha value is -2.98. The molecule has 0 spiro atoms. The highest BCUT2D eigenvalue weighted by Crippen LogP contribution is 2.29. The van der Waals surface area contributed by atoms with E-state index in [2.05, 4.69) is 19.7 Å². The van der Waals surface area contributed by atoms with E-state index < -0.39 is 0 Å². The van der Waals surface area contributed by atoms with Crippen molar-refractivity contribution in [1.29, 1.82) is 0 Å². The molecule has 0 unspecified atom stereocenters. The molecule has 0 amide bonds. The lowest BCUT2D eigenvalue weighted by atomic mass is 10.2. The van der Waals surface area contributed by atoms with E-state index in [4.69, 9.17) is 15.9 Å². The van der Waals surface area contributed by atoms with Crippen molar-refractivity contribution in [3.8, 4) is 11.4 Å². The molecule has 0 fully saturated rings. The number of fused-ring (bicyclic) bond motifs is 1. The highest BCUT2D eigenvalue weighted by atomic mass is 32.2. The average molecular weight is 394 g/mol. The van der Waals surface area contributed by atoms with Crippen LogP contribution in [0.1, 0.15) is 5.69 Å². The molecular formula is C19H18N6O2S. The van der Waals surface area contributed by atoms with Gasteiger partial charge in [0.25, 0.3) is 0 Å². The third kappa shape index (κ3) is 3.69. The molecule has 0 radical (unpaired) electrons. The average Bonchev–Trinajstić information content (AvgIpc) is 3.02. The summed E-state index contributed by atoms with van der Waals surface area (Å²) < 4.78 is 6.45. The van der Waals surface area contributed by atoms with Crippen LogP contribution in [0.2, 0.25) is 0 Å². The highest BCUT2D eigenvalue weighted by Gasteiger charge is 2.16. The topological polar surface area (TPSA) is 100 Å². The van der Waals surface area contributed by atoms with E-state index in [-0.39, 0.29) is 0 Å². The fourth-order valence-corrected chi connectivity index (χ4v) is 3.29. The van der Waals surface area contributed by atoms with Crippen LogP contribution >= 0.6 is 12.0 Å². The van der Waals surface area contributed by atoms with Crippen LogP contribution in [0.4, 0.5) is 11.5 Å². The minimum Gasteiger partial charge on any atom is -0.338 e. The van der Waals surface area contributed by atoms with E-state index in [1.165, 1.54) is 0 Å². The molecule has 0 aliphatic heterocycles. The Morgan fingerprint density at radius 3 is 2.50 bits per heavy atom. The summed E-state index contributed by atoms with van der Waals surface area (Å²) in [5, 5.41) is 7.88. The van der Waals surface area contributed by atoms with Gasteiger partial charge in [0.1, 0.15) is 11.0 Å². The van der Waals surface area contributed by atoms with Crippen LogP contribution in [0.25, 0.3) is 22.4 Å². The maximum atomic E-state index is 4.86. The van der Waals surface area contributed by atoms with Crippen LogP contribution in [0.5, 0.6) is 0 Å². The second kappa shape index (κ2) is 7.95. The number of nitrogens with one attached hydrogen (secondary N) is 1. The largest absolute Gasteiger partial charge is 0.338 e. The van der Waals surface area contributed by atoms with Gasteiger partial charge in [0.15, 0.2) is 11.6 Å². The van der Waals surface area contributed by atoms with Crippen molar-refractivity contribution in [2.75, 3.05) is 5.32 Å². The zero-order valence-electron chi connectivity index (χ0n) is 15.3. The summed E-state index contributed by atoms with van der Waals surface area (Å²) in [6, 6.07) is 17.5. The maximum Gasteiger partial charge on any atom is 0.162 e. The van der Waals surface area contributed by atoms with Gasteiger partial charge in [-0.25, -0.2) is 9.97 Å². The molecule has 142 valence electrons. The van der Waals surface area contributed by atoms with Gasteiger partial charge in [-0.15, -0.1) is 9.32 Å². The summed E-state index contributed by atoms with van der Waals surface area (Å²) in [5.41, 5.74) is 4.33. The van der Waals surface area contributed by atoms with Gasteiger partial charge in [-0.3, -0.25) is 4.68 Å². The van der Waals surface area contributed by atoms with E-state index in [0.29, 0.717) is 11.6 Å². The summed E-state index contributed by atoms with van der Waals surface area (Å²) >= 11 is 1.03. The Bertz CT molecular complexity index is 1100. The molecule has 0 saturated heterocycles. The van der Waals surface area contributed by atoms with Crippen molar-refractivity contribution in [1.82, 2.24) is 19.7 Å². The summed E-state index contributed by atoms with van der Waals surface area (Å²) in [7, 11) is 1.88. The molecule has 2 aromatic heterocycles. The van der Waals surface area contributed by atoms with Crippen LogP contribution in [-0.2, 0) is 16.4 Å². The van der Waals surface area contributed by atoms with Crippen molar-refractivity contribution in [2.45, 2.75) is 11.8 Å². The quantitative estimate of drug-likeness (QED) is 0.288. The molecule has 28 heavy (non-hydrogen) atoms. The third-order valence-corrected chi connectivity index (χ3v) is 4.78. The molecule has 4 rings (SSSR count). The van der Waals surface area contributed by atoms with Crippen molar-refractivity contribution in [2.24, 2.45) is 12.9 Å². The minimum absolute atomic E-state index is 0.646. The van der Waals surface area contributed by atoms with E-state index in [1.807, 2.05) is 68.6 Å². The van der Waals surface area contributed by atoms with Crippen molar-refractivity contribution >= 4 is 34.6 Å². The Morgan fingerprint density at radius 2 is 1.79 bits per heavy atom. The standard InChI is InChI=1S/C19H18N6O2S/c1-12-16-17(25(2)24-12)19(23-18(22-16)13-6-4-3-5-7-13)21-14-8-10-15(11-9-14)28-27-26-20/h3-11H,20H2,1-2H3,(H,21,22,23). The van der Waals surface area contributed by atoms with E-state index >= 15 is 0 Å². The number of nitrogens with zero attached hydrogens (tertiary/aromatic N) is 4. The maximum absolute atomic E-state index is 4.86. The first-order chi connectivity index (χ1) is 13.7. The fourth-order valence-electron chi connectivity index (χ4n) is 2.93. The molecule has 8 nitrogen and oxygen atoms in total. The lowest BCUT2D eigenvalue weighted by Crippen LogP contribution is -2.02. The monoisotopic (exact) mass is 394 g/mol. The molecule has 0 aliphatic rings. The van der Waals surface area contributed by atoms with Gasteiger partial charge >= 0.3 is 0 Å². The first-order valence-corrected chi connectivity index (χ1v) is 9.24. The highest BCUT2D eigenvalue weighted by molar-refractivity contribution is 7.94. The molecule has 2 heterocycles. The van der Waals surface area contributed by atoms with Crippen molar-refractivity contribution in [3.63, 3.8) is 0 Å². The van der Waals surface area contributed by atoms with Gasteiger partial charge in [0, 0.05) is 23.2 Å². The summed E-state index contributed by atoms with van der Waals surface area (Å²) in [6.45, 7) is 1.94. The number of benzene rings is 2. The number of nitrogens with two attached hydrogens (primary N) is 1. The summed E-state index contributed by atoms with van der Waals surface area (Å²) in [5.74, 6) is 6.20. The van der Waals surface area contributed by atoms with E-state index in [0.717, 1.165) is 44.9 Å². The second-order valence-corrected chi connectivity index (χ2v) is 6.84. The van der Waals surface area contributed by atoms with E-state index in [1.54, 1.807) is 4.68 Å². The summed E-state index contributed by atoms with van der Waals surface area (Å²) in [6.07, 6.45) is 0. The number of rotatable bonds is 6. The Balaban J connectivity index is 1.75. The van der Waals surface area contributed by atoms with Gasteiger partial charge in [-0.1, -0.05) is 30.3 Å². The second-order valence-electron chi connectivity index (χ2n) is 6.07. The number of anilines is 2. The lowest BCUT2D eigenvalue weighted by Gasteiger charge is -2.10. The molecule has 0 aliphatic carbocycles. The van der Waals surface area contributed by atoms with Crippen LogP contribution in [0, 0.1) is 6.92 Å². The van der Waals surface area contributed by atoms with Gasteiger partial charge in [0.2, 0.25) is 0 Å². The number of hydrogen-bond donors (Lipinski definition) is 2. The van der Waals surface area contributed by atoms with Gasteiger partial charge < -0.3 is 5.32 Å². The number of aromatic nitrogens is 4. The Morgan fingerprint density at radius 1 is 1.04 bits per heavy atom. The predicted molar refractivity (Wildman–Crippen MR) is 108 cm³/mol. The molecule has 3 N–H and O–H groups in total.